The number of hydrogen-bond donors (Lipinski definition) is 2. The van der Waals surface area contributed by atoms with Crippen molar-refractivity contribution < 1.29 is 9.47 Å². The fourth-order valence-electron chi connectivity index (χ4n) is 1.38. The molecular weight excluding hydrogens is 347 g/mol. The van der Waals surface area contributed by atoms with Crippen molar-refractivity contribution in [1.82, 2.24) is 29.9 Å². The summed E-state index contributed by atoms with van der Waals surface area (Å²) in [5, 5.41) is -0.0892. The summed E-state index contributed by atoms with van der Waals surface area (Å²) in [5.74, 6) is -0.0475. The summed E-state index contributed by atoms with van der Waals surface area (Å²) in [6.07, 6.45) is 0. The van der Waals surface area contributed by atoms with Gasteiger partial charge >= 0.3 is 12.0 Å². The molecule has 0 spiro atoms. The molecular formula is C11H14Cl2N8O2. The molecule has 4 N–H and O–H groups in total. The number of halogens is 2. The van der Waals surface area contributed by atoms with E-state index in [1.165, 1.54) is 0 Å². The van der Waals surface area contributed by atoms with Crippen molar-refractivity contribution in [3.05, 3.63) is 10.6 Å². The number of nitrogens with two attached hydrogens (primary N) is 2. The lowest BCUT2D eigenvalue weighted by Crippen LogP contribution is -2.29. The third-order valence-corrected chi connectivity index (χ3v) is 2.73. The second-order valence-electron chi connectivity index (χ2n) is 5.23. The quantitative estimate of drug-likeness (QED) is 0.763. The summed E-state index contributed by atoms with van der Waals surface area (Å²) in [5.41, 5.74) is 10.5. The first kappa shape index (κ1) is 17.2. The number of anilines is 2. The highest BCUT2D eigenvalue weighted by Crippen LogP contribution is 2.19. The van der Waals surface area contributed by atoms with Gasteiger partial charge in [0.05, 0.1) is 13.2 Å². The molecule has 2 rings (SSSR count). The minimum atomic E-state index is -0.429. The molecule has 2 aromatic heterocycles. The van der Waals surface area contributed by atoms with Gasteiger partial charge in [0.2, 0.25) is 22.5 Å². The third kappa shape index (κ3) is 5.49. The molecule has 124 valence electrons. The maximum Gasteiger partial charge on any atom is 0.322 e. The van der Waals surface area contributed by atoms with Crippen LogP contribution in [0.15, 0.2) is 0 Å². The predicted molar refractivity (Wildman–Crippen MR) is 83.3 cm³/mol. The van der Waals surface area contributed by atoms with E-state index in [4.69, 9.17) is 44.1 Å². The highest BCUT2D eigenvalue weighted by atomic mass is 35.5. The number of aromatic nitrogens is 6. The van der Waals surface area contributed by atoms with Crippen molar-refractivity contribution >= 4 is 35.1 Å². The standard InChI is InChI=1S/C11H14Cl2N8O2/c1-11(2,3-22-9-18-5(12)16-7(14)20-9)4-23-10-19-6(13)17-8(15)21-10/h3-4H2,1-2H3,(H2,14,16,18,20)(H2,15,17,19,21). The van der Waals surface area contributed by atoms with Crippen molar-refractivity contribution in [2.75, 3.05) is 24.7 Å². The van der Waals surface area contributed by atoms with Crippen LogP contribution in [0.3, 0.4) is 0 Å². The molecule has 0 aliphatic rings. The van der Waals surface area contributed by atoms with Crippen LogP contribution in [0.2, 0.25) is 10.6 Å². The Morgan fingerprint density at radius 1 is 0.783 bits per heavy atom. The molecule has 2 heterocycles. The average molecular weight is 361 g/mol. The number of hydrogen-bond acceptors (Lipinski definition) is 10. The molecule has 0 unspecified atom stereocenters. The second-order valence-corrected chi connectivity index (χ2v) is 5.91. The Labute approximate surface area is 141 Å². The topological polar surface area (TPSA) is 148 Å². The van der Waals surface area contributed by atoms with Crippen LogP contribution in [0.1, 0.15) is 13.8 Å². The van der Waals surface area contributed by atoms with E-state index < -0.39 is 5.41 Å². The third-order valence-electron chi connectivity index (χ3n) is 2.39. The Kier molecular flexibility index (Phi) is 5.16. The van der Waals surface area contributed by atoms with Crippen LogP contribution < -0.4 is 20.9 Å². The van der Waals surface area contributed by atoms with E-state index in [1.807, 2.05) is 13.8 Å². The predicted octanol–water partition coefficient (Wildman–Crippen LogP) is 1.01. The van der Waals surface area contributed by atoms with Gasteiger partial charge in [-0.1, -0.05) is 13.8 Å². The molecule has 0 aliphatic carbocycles. The summed E-state index contributed by atoms with van der Waals surface area (Å²) in [4.78, 5) is 22.5. The second kappa shape index (κ2) is 6.92. The summed E-state index contributed by atoms with van der Waals surface area (Å²) in [6, 6.07) is 0.0612. The fourth-order valence-corrected chi connectivity index (χ4v) is 1.70. The van der Waals surface area contributed by atoms with Crippen LogP contribution in [-0.4, -0.2) is 43.1 Å². The minimum Gasteiger partial charge on any atom is -0.463 e. The maximum atomic E-state index is 5.68. The number of nitrogens with zero attached hydrogens (tertiary/aromatic N) is 6. The van der Waals surface area contributed by atoms with Crippen LogP contribution in [0, 0.1) is 5.41 Å². The van der Waals surface area contributed by atoms with Crippen LogP contribution in [0.4, 0.5) is 11.9 Å². The molecule has 0 radical (unpaired) electrons. The summed E-state index contributed by atoms with van der Waals surface area (Å²) >= 11 is 11.4. The highest BCUT2D eigenvalue weighted by molar-refractivity contribution is 6.28. The number of ether oxygens (including phenoxy) is 2. The zero-order chi connectivity index (χ0) is 17.0. The van der Waals surface area contributed by atoms with Crippen molar-refractivity contribution in [3.8, 4) is 12.0 Å². The van der Waals surface area contributed by atoms with Gasteiger partial charge in [-0.25, -0.2) is 0 Å². The van der Waals surface area contributed by atoms with Crippen LogP contribution in [0.5, 0.6) is 12.0 Å². The van der Waals surface area contributed by atoms with E-state index in [9.17, 15) is 0 Å². The summed E-state index contributed by atoms with van der Waals surface area (Å²) in [6.45, 7) is 4.23. The van der Waals surface area contributed by atoms with E-state index in [0.29, 0.717) is 0 Å². The zero-order valence-corrected chi connectivity index (χ0v) is 13.8. The van der Waals surface area contributed by atoms with Crippen LogP contribution in [-0.2, 0) is 0 Å². The Hall–Kier alpha value is -2.20. The molecule has 10 nitrogen and oxygen atoms in total. The van der Waals surface area contributed by atoms with Gasteiger partial charge in [-0.15, -0.1) is 0 Å². The molecule has 0 aliphatic heterocycles. The van der Waals surface area contributed by atoms with Crippen molar-refractivity contribution in [2.24, 2.45) is 5.41 Å². The lowest BCUT2D eigenvalue weighted by molar-refractivity contribution is 0.0991. The Morgan fingerprint density at radius 3 is 1.52 bits per heavy atom. The van der Waals surface area contributed by atoms with E-state index in [0.717, 1.165) is 0 Å². The summed E-state index contributed by atoms with van der Waals surface area (Å²) < 4.78 is 10.9. The lowest BCUT2D eigenvalue weighted by atomic mass is 9.96. The normalized spacial score (nSPS) is 11.3. The molecule has 0 atom stereocenters. The van der Waals surface area contributed by atoms with E-state index >= 15 is 0 Å². The van der Waals surface area contributed by atoms with Crippen LogP contribution >= 0.6 is 23.2 Å². The molecule has 12 heteroatoms. The molecule has 0 amide bonds. The maximum absolute atomic E-state index is 5.68. The Morgan fingerprint density at radius 2 is 1.17 bits per heavy atom. The molecule has 2 aromatic rings. The van der Waals surface area contributed by atoms with E-state index in [1.54, 1.807) is 0 Å². The minimum absolute atomic E-state index is 0.0237. The average Bonchev–Trinajstić information content (AvgIpc) is 2.41. The largest absolute Gasteiger partial charge is 0.463 e. The van der Waals surface area contributed by atoms with E-state index in [-0.39, 0.29) is 47.7 Å². The summed E-state index contributed by atoms with van der Waals surface area (Å²) in [7, 11) is 0. The number of rotatable bonds is 6. The highest BCUT2D eigenvalue weighted by Gasteiger charge is 2.22. The molecule has 0 aromatic carbocycles. The van der Waals surface area contributed by atoms with Gasteiger partial charge in [0.15, 0.2) is 0 Å². The van der Waals surface area contributed by atoms with E-state index in [2.05, 4.69) is 29.9 Å². The first-order valence-electron chi connectivity index (χ1n) is 6.33. The van der Waals surface area contributed by atoms with Crippen molar-refractivity contribution in [3.63, 3.8) is 0 Å². The molecule has 0 saturated carbocycles. The first-order valence-corrected chi connectivity index (χ1v) is 7.09. The molecule has 0 fully saturated rings. The fraction of sp³-hybridized carbons (Fsp3) is 0.455. The monoisotopic (exact) mass is 360 g/mol. The van der Waals surface area contributed by atoms with Gasteiger partial charge in [-0.2, -0.15) is 29.9 Å². The molecule has 0 saturated heterocycles. The Balaban J connectivity index is 1.93. The van der Waals surface area contributed by atoms with Gasteiger partial charge < -0.3 is 20.9 Å². The van der Waals surface area contributed by atoms with Crippen molar-refractivity contribution in [1.29, 1.82) is 0 Å². The van der Waals surface area contributed by atoms with Gasteiger partial charge in [0, 0.05) is 5.41 Å². The zero-order valence-electron chi connectivity index (χ0n) is 12.3. The lowest BCUT2D eigenvalue weighted by Gasteiger charge is -2.23. The van der Waals surface area contributed by atoms with Crippen molar-refractivity contribution in [2.45, 2.75) is 13.8 Å². The SMILES string of the molecule is CC(C)(COc1nc(N)nc(Cl)n1)COc1nc(N)nc(Cl)n1. The number of nitrogen functional groups attached to an aromatic ring is 2. The van der Waals surface area contributed by atoms with Gasteiger partial charge in [-0.05, 0) is 23.2 Å². The molecule has 0 bridgehead atoms. The van der Waals surface area contributed by atoms with Gasteiger partial charge in [-0.3, -0.25) is 0 Å². The van der Waals surface area contributed by atoms with Gasteiger partial charge in [0.1, 0.15) is 0 Å². The van der Waals surface area contributed by atoms with Crippen LogP contribution in [0.25, 0.3) is 0 Å². The van der Waals surface area contributed by atoms with Gasteiger partial charge in [0.25, 0.3) is 0 Å². The smallest absolute Gasteiger partial charge is 0.322 e. The Bertz CT molecular complexity index is 602. The first-order chi connectivity index (χ1) is 10.7. The molecule has 23 heavy (non-hydrogen) atoms.